The van der Waals surface area contributed by atoms with Gasteiger partial charge in [-0.3, -0.25) is 9.48 Å². The number of pyridine rings is 1. The van der Waals surface area contributed by atoms with Crippen LogP contribution in [0.1, 0.15) is 37.9 Å². The van der Waals surface area contributed by atoms with Crippen molar-refractivity contribution in [3.05, 3.63) is 70.8 Å². The van der Waals surface area contributed by atoms with Crippen LogP contribution in [-0.2, 0) is 18.3 Å². The van der Waals surface area contributed by atoms with E-state index in [2.05, 4.69) is 5.10 Å². The zero-order valence-corrected chi connectivity index (χ0v) is 18.7. The third kappa shape index (κ3) is 3.75. The molecule has 8 nitrogen and oxygen atoms in total. The van der Waals surface area contributed by atoms with Crippen molar-refractivity contribution in [3.8, 4) is 11.3 Å². The van der Waals surface area contributed by atoms with Gasteiger partial charge in [0, 0.05) is 19.7 Å². The largest absolute Gasteiger partial charge is 0.465 e. The average Bonchev–Trinajstić information content (AvgIpc) is 3.30. The van der Waals surface area contributed by atoms with E-state index in [-0.39, 0.29) is 12.5 Å². The Bertz CT molecular complexity index is 1320. The van der Waals surface area contributed by atoms with E-state index in [0.717, 1.165) is 16.6 Å². The third-order valence-corrected chi connectivity index (χ3v) is 5.38. The molecule has 8 heteroatoms. The van der Waals surface area contributed by atoms with Gasteiger partial charge in [0.1, 0.15) is 17.1 Å². The van der Waals surface area contributed by atoms with Gasteiger partial charge in [-0.1, -0.05) is 30.3 Å². The Morgan fingerprint density at radius 1 is 1.12 bits per heavy atom. The highest BCUT2D eigenvalue weighted by atomic mass is 16.5. The van der Waals surface area contributed by atoms with Gasteiger partial charge in [0.05, 0.1) is 36.0 Å². The quantitative estimate of drug-likeness (QED) is 0.444. The van der Waals surface area contributed by atoms with E-state index >= 15 is 0 Å². The van der Waals surface area contributed by atoms with Crippen LogP contribution in [0.4, 0.5) is 0 Å². The van der Waals surface area contributed by atoms with Gasteiger partial charge in [-0.15, -0.1) is 0 Å². The van der Waals surface area contributed by atoms with Gasteiger partial charge in [-0.2, -0.15) is 5.10 Å². The summed E-state index contributed by atoms with van der Waals surface area (Å²) in [6.07, 6.45) is 0. The lowest BCUT2D eigenvalue weighted by molar-refractivity contribution is 0.0598. The number of ether oxygens (including phenoxy) is 1. The smallest absolute Gasteiger partial charge is 0.341 e. The lowest BCUT2D eigenvalue weighted by Gasteiger charge is -2.17. The Kier molecular flexibility index (Phi) is 5.52. The van der Waals surface area contributed by atoms with E-state index in [0.29, 0.717) is 34.0 Å². The maximum absolute atomic E-state index is 13.5. The molecule has 0 spiro atoms. The Labute approximate surface area is 185 Å². The van der Waals surface area contributed by atoms with Crippen molar-refractivity contribution in [2.24, 2.45) is 7.05 Å². The minimum absolute atomic E-state index is 0.195. The number of hydrogen-bond donors (Lipinski definition) is 0. The molecule has 32 heavy (non-hydrogen) atoms. The molecule has 1 aromatic carbocycles. The van der Waals surface area contributed by atoms with Crippen molar-refractivity contribution >= 4 is 22.9 Å². The standard InChI is InChI=1S/C24H24N4O4/c1-14-21-19(12-20(16-9-7-6-8-10-16)25-22(21)28(4)26-14)23(29)27(3)13-17-11-18(15(2)32-17)24(30)31-5/h6-12H,13H2,1-5H3. The van der Waals surface area contributed by atoms with Gasteiger partial charge in [0.25, 0.3) is 5.91 Å². The molecule has 0 saturated carbocycles. The monoisotopic (exact) mass is 432 g/mol. The van der Waals surface area contributed by atoms with Gasteiger partial charge >= 0.3 is 5.97 Å². The van der Waals surface area contributed by atoms with Crippen LogP contribution in [0, 0.1) is 13.8 Å². The Hall–Kier alpha value is -3.94. The number of hydrogen-bond acceptors (Lipinski definition) is 6. The molecule has 0 bridgehead atoms. The Morgan fingerprint density at radius 3 is 2.53 bits per heavy atom. The summed E-state index contributed by atoms with van der Waals surface area (Å²) in [4.78, 5) is 31.7. The maximum atomic E-state index is 13.5. The van der Waals surface area contributed by atoms with E-state index < -0.39 is 5.97 Å². The van der Waals surface area contributed by atoms with E-state index in [9.17, 15) is 9.59 Å². The molecule has 0 saturated heterocycles. The van der Waals surface area contributed by atoms with Crippen molar-refractivity contribution in [1.82, 2.24) is 19.7 Å². The van der Waals surface area contributed by atoms with Gasteiger partial charge in [-0.25, -0.2) is 9.78 Å². The summed E-state index contributed by atoms with van der Waals surface area (Å²) in [5.74, 6) is 0.281. The van der Waals surface area contributed by atoms with Crippen LogP contribution >= 0.6 is 0 Å². The van der Waals surface area contributed by atoms with Crippen molar-refractivity contribution in [3.63, 3.8) is 0 Å². The third-order valence-electron chi connectivity index (χ3n) is 5.38. The number of nitrogens with zero attached hydrogens (tertiary/aromatic N) is 4. The second kappa shape index (κ2) is 8.30. The highest BCUT2D eigenvalue weighted by Crippen LogP contribution is 2.28. The molecule has 4 aromatic rings. The van der Waals surface area contributed by atoms with Crippen molar-refractivity contribution < 1.29 is 18.7 Å². The molecule has 0 aliphatic carbocycles. The molecule has 4 rings (SSSR count). The van der Waals surface area contributed by atoms with Crippen molar-refractivity contribution in [1.29, 1.82) is 0 Å². The molecule has 0 radical (unpaired) electrons. The number of esters is 1. The van der Waals surface area contributed by atoms with Crippen LogP contribution in [0.3, 0.4) is 0 Å². The predicted octanol–water partition coefficient (Wildman–Crippen LogP) is 3.90. The average molecular weight is 432 g/mol. The number of benzene rings is 1. The predicted molar refractivity (Wildman–Crippen MR) is 119 cm³/mol. The molecule has 3 aromatic heterocycles. The molecule has 0 unspecified atom stereocenters. The van der Waals surface area contributed by atoms with Crippen molar-refractivity contribution in [2.45, 2.75) is 20.4 Å². The molecular formula is C24H24N4O4. The molecule has 3 heterocycles. The number of methoxy groups -OCH3 is 1. The summed E-state index contributed by atoms with van der Waals surface area (Å²) in [6, 6.07) is 13.1. The van der Waals surface area contributed by atoms with Gasteiger partial charge in [0.15, 0.2) is 5.65 Å². The topological polar surface area (TPSA) is 90.5 Å². The summed E-state index contributed by atoms with van der Waals surface area (Å²) < 4.78 is 12.1. The first-order chi connectivity index (χ1) is 15.3. The fourth-order valence-corrected chi connectivity index (χ4v) is 3.82. The van der Waals surface area contributed by atoms with E-state index in [1.54, 1.807) is 35.7 Å². The van der Waals surface area contributed by atoms with E-state index in [1.807, 2.05) is 44.3 Å². The SMILES string of the molecule is COC(=O)c1cc(CN(C)C(=O)c2cc(-c3ccccc3)nc3c2c(C)nn3C)oc1C. The number of carbonyl (C=O) groups is 2. The highest BCUT2D eigenvalue weighted by Gasteiger charge is 2.23. The number of aromatic nitrogens is 3. The molecular weight excluding hydrogens is 408 g/mol. The van der Waals surface area contributed by atoms with Gasteiger partial charge in [0.2, 0.25) is 0 Å². The summed E-state index contributed by atoms with van der Waals surface area (Å²) in [5.41, 5.74) is 3.84. The first-order valence-corrected chi connectivity index (χ1v) is 10.1. The first kappa shape index (κ1) is 21.3. The maximum Gasteiger partial charge on any atom is 0.341 e. The lowest BCUT2D eigenvalue weighted by atomic mass is 10.0. The zero-order chi connectivity index (χ0) is 23.0. The minimum Gasteiger partial charge on any atom is -0.465 e. The van der Waals surface area contributed by atoms with Crippen LogP contribution in [-0.4, -0.2) is 45.7 Å². The number of rotatable bonds is 5. The summed E-state index contributed by atoms with van der Waals surface area (Å²) in [7, 11) is 4.83. The number of furan rings is 1. The lowest BCUT2D eigenvalue weighted by Crippen LogP contribution is -2.26. The normalized spacial score (nSPS) is 11.0. The number of amides is 1. The van der Waals surface area contributed by atoms with Crippen LogP contribution in [0.2, 0.25) is 0 Å². The van der Waals surface area contributed by atoms with E-state index in [1.165, 1.54) is 7.11 Å². The molecule has 1 amide bonds. The summed E-state index contributed by atoms with van der Waals surface area (Å²) in [6.45, 7) is 3.75. The van der Waals surface area contributed by atoms with E-state index in [4.69, 9.17) is 14.1 Å². The second-order valence-electron chi connectivity index (χ2n) is 7.66. The number of fused-ring (bicyclic) bond motifs is 1. The van der Waals surface area contributed by atoms with Crippen LogP contribution in [0.5, 0.6) is 0 Å². The highest BCUT2D eigenvalue weighted by molar-refractivity contribution is 6.07. The number of carbonyl (C=O) groups excluding carboxylic acids is 2. The zero-order valence-electron chi connectivity index (χ0n) is 18.7. The Balaban J connectivity index is 1.73. The minimum atomic E-state index is -0.471. The second-order valence-corrected chi connectivity index (χ2v) is 7.66. The van der Waals surface area contributed by atoms with Gasteiger partial charge in [-0.05, 0) is 26.0 Å². The summed E-state index contributed by atoms with van der Waals surface area (Å²) in [5, 5.41) is 5.19. The Morgan fingerprint density at radius 2 is 1.84 bits per heavy atom. The molecule has 0 aliphatic rings. The van der Waals surface area contributed by atoms with Crippen LogP contribution in [0.25, 0.3) is 22.3 Å². The van der Waals surface area contributed by atoms with Crippen LogP contribution in [0.15, 0.2) is 46.9 Å². The molecule has 0 fully saturated rings. The van der Waals surface area contributed by atoms with Gasteiger partial charge < -0.3 is 14.1 Å². The first-order valence-electron chi connectivity index (χ1n) is 10.1. The number of aryl methyl sites for hydroxylation is 3. The fraction of sp³-hybridized carbons (Fsp3) is 0.250. The molecule has 0 atom stereocenters. The summed E-state index contributed by atoms with van der Waals surface area (Å²) >= 11 is 0. The van der Waals surface area contributed by atoms with Crippen molar-refractivity contribution in [2.75, 3.05) is 14.2 Å². The molecule has 0 aliphatic heterocycles. The van der Waals surface area contributed by atoms with Crippen LogP contribution < -0.4 is 0 Å². The molecule has 0 N–H and O–H groups in total. The fourth-order valence-electron chi connectivity index (χ4n) is 3.82. The molecule has 164 valence electrons.